The summed E-state index contributed by atoms with van der Waals surface area (Å²) >= 11 is 0. The summed E-state index contributed by atoms with van der Waals surface area (Å²) in [5.41, 5.74) is -0.0570. The van der Waals surface area contributed by atoms with Gasteiger partial charge in [0.2, 0.25) is 11.8 Å². The van der Waals surface area contributed by atoms with Crippen molar-refractivity contribution >= 4 is 51.8 Å². The first-order valence-corrected chi connectivity index (χ1v) is 22.4. The Morgan fingerprint density at radius 3 is 2.36 bits per heavy atom. The summed E-state index contributed by atoms with van der Waals surface area (Å²) in [7, 11) is 0. The lowest BCUT2D eigenvalue weighted by Gasteiger charge is -2.53. The van der Waals surface area contributed by atoms with Crippen molar-refractivity contribution in [2.75, 3.05) is 36.8 Å². The average molecular weight is 883 g/mol. The molecule has 9 rings (SSSR count). The van der Waals surface area contributed by atoms with Crippen LogP contribution in [-0.2, 0) is 21.4 Å². The Morgan fingerprint density at radius 1 is 0.922 bits per heavy atom. The van der Waals surface area contributed by atoms with Gasteiger partial charge < -0.3 is 20.6 Å². The summed E-state index contributed by atoms with van der Waals surface area (Å²) in [6.07, 6.45) is 7.28. The Hall–Kier alpha value is -5.68. The lowest BCUT2D eigenvalue weighted by atomic mass is 9.57. The van der Waals surface area contributed by atoms with E-state index >= 15 is 0 Å². The van der Waals surface area contributed by atoms with Crippen molar-refractivity contribution in [1.82, 2.24) is 29.9 Å². The number of piperidine rings is 2. The second-order valence-corrected chi connectivity index (χ2v) is 19.1. The SMILES string of the molecule is CC(C)(O)c1cc2nn([C@H]3CC[C@H](CN4CCC5(CC4)CC(CCNc4cccc6c4C(=O)N(C4CCC(=O)NC4=O)C6=O)C5)CC3)cc2cc1NC(=O)c1cccc(C(F)(F)F)n1. The number of pyridine rings is 1. The molecular weight excluding hydrogens is 830 g/mol. The Morgan fingerprint density at radius 2 is 1.66 bits per heavy atom. The minimum absolute atomic E-state index is 0.0782. The predicted octanol–water partition coefficient (Wildman–Crippen LogP) is 7.06. The molecule has 2 aromatic heterocycles. The highest BCUT2D eigenvalue weighted by Gasteiger charge is 2.47. The molecule has 4 N–H and O–H groups in total. The molecule has 2 aromatic carbocycles. The van der Waals surface area contributed by atoms with Crippen molar-refractivity contribution in [3.63, 3.8) is 0 Å². The first-order valence-electron chi connectivity index (χ1n) is 22.4. The monoisotopic (exact) mass is 882 g/mol. The summed E-state index contributed by atoms with van der Waals surface area (Å²) in [5, 5.41) is 24.9. The van der Waals surface area contributed by atoms with E-state index in [1.807, 2.05) is 10.9 Å². The molecule has 338 valence electrons. The smallest absolute Gasteiger partial charge is 0.386 e. The first-order chi connectivity index (χ1) is 30.4. The van der Waals surface area contributed by atoms with Crippen LogP contribution in [0.5, 0.6) is 0 Å². The topological polar surface area (TPSA) is 179 Å². The van der Waals surface area contributed by atoms with E-state index in [0.717, 1.165) is 74.2 Å². The highest BCUT2D eigenvalue weighted by atomic mass is 19.4. The quantitative estimate of drug-likeness (QED) is 0.114. The zero-order valence-corrected chi connectivity index (χ0v) is 36.0. The summed E-state index contributed by atoms with van der Waals surface area (Å²) < 4.78 is 41.8. The molecule has 2 saturated carbocycles. The van der Waals surface area contributed by atoms with Gasteiger partial charge in [0.15, 0.2) is 0 Å². The van der Waals surface area contributed by atoms with Crippen LogP contribution in [0.25, 0.3) is 10.9 Å². The van der Waals surface area contributed by atoms with Crippen LogP contribution in [0.1, 0.15) is 133 Å². The Balaban J connectivity index is 0.730. The van der Waals surface area contributed by atoms with Crippen molar-refractivity contribution in [2.24, 2.45) is 17.3 Å². The van der Waals surface area contributed by atoms with Crippen molar-refractivity contribution < 1.29 is 42.3 Å². The van der Waals surface area contributed by atoms with E-state index in [1.165, 1.54) is 31.7 Å². The molecule has 2 aliphatic carbocycles. The number of imide groups is 2. The fourth-order valence-corrected chi connectivity index (χ4v) is 10.8. The van der Waals surface area contributed by atoms with Gasteiger partial charge in [0.25, 0.3) is 17.7 Å². The van der Waals surface area contributed by atoms with Gasteiger partial charge in [-0.15, -0.1) is 0 Å². The van der Waals surface area contributed by atoms with Gasteiger partial charge in [0.05, 0.1) is 28.3 Å². The Labute approximate surface area is 368 Å². The number of amides is 5. The summed E-state index contributed by atoms with van der Waals surface area (Å²) in [6, 6.07) is 11.0. The molecule has 17 heteroatoms. The molecule has 4 fully saturated rings. The number of nitrogens with zero attached hydrogens (tertiary/aromatic N) is 5. The fraction of sp³-hybridized carbons (Fsp3) is 0.511. The highest BCUT2D eigenvalue weighted by Crippen LogP contribution is 2.54. The number of benzene rings is 2. The number of halogens is 3. The zero-order chi connectivity index (χ0) is 45.1. The maximum atomic E-state index is 13.5. The van der Waals surface area contributed by atoms with E-state index in [4.69, 9.17) is 5.10 Å². The average Bonchev–Trinajstić information content (AvgIpc) is 3.77. The predicted molar refractivity (Wildman–Crippen MR) is 230 cm³/mol. The summed E-state index contributed by atoms with van der Waals surface area (Å²) in [6.45, 7) is 7.10. The third kappa shape index (κ3) is 8.63. The lowest BCUT2D eigenvalue weighted by molar-refractivity contribution is -0.141. The number of aliphatic hydroxyl groups is 1. The molecule has 5 heterocycles. The van der Waals surface area contributed by atoms with Crippen molar-refractivity contribution in [1.29, 1.82) is 0 Å². The van der Waals surface area contributed by atoms with Gasteiger partial charge in [-0.1, -0.05) is 12.1 Å². The van der Waals surface area contributed by atoms with Crippen LogP contribution in [0.2, 0.25) is 0 Å². The molecule has 5 amide bonds. The van der Waals surface area contributed by atoms with Crippen molar-refractivity contribution in [3.8, 4) is 0 Å². The molecule has 1 spiro atoms. The van der Waals surface area contributed by atoms with E-state index in [-0.39, 0.29) is 35.8 Å². The van der Waals surface area contributed by atoms with Crippen molar-refractivity contribution in [3.05, 3.63) is 82.8 Å². The van der Waals surface area contributed by atoms with Gasteiger partial charge in [-0.2, -0.15) is 18.3 Å². The molecule has 5 aliphatic rings. The maximum Gasteiger partial charge on any atom is 0.433 e. The number of likely N-dealkylation sites (tertiary alicyclic amines) is 1. The van der Waals surface area contributed by atoms with Gasteiger partial charge >= 0.3 is 6.18 Å². The fourth-order valence-electron chi connectivity index (χ4n) is 10.8. The third-order valence-electron chi connectivity index (χ3n) is 14.2. The Bertz CT molecular complexity index is 2510. The van der Waals surface area contributed by atoms with Crippen LogP contribution < -0.4 is 16.0 Å². The number of hydrogen-bond donors (Lipinski definition) is 4. The number of carbonyl (C=O) groups excluding carboxylic acids is 5. The summed E-state index contributed by atoms with van der Waals surface area (Å²) in [4.78, 5) is 71.0. The molecule has 1 unspecified atom stereocenters. The standard InChI is InChI=1S/C47H53F3N8O6/c1-45(2,64)32-22-35-29(21-36(32)53-41(60)34-7-4-8-38(52-34)47(48,49)50)26-57(55-35)30-11-9-27(10-12-30)25-56-19-16-46(17-20-56)23-28(24-46)15-18-51-33-6-3-5-31-40(33)44(63)58(43(31)62)37-13-14-39(59)54-42(37)61/h3-8,21-22,26-28,30,37,51,64H,9-20,23-25H2,1-2H3,(H,53,60)(H,54,59,61)/t27-,30-,37?. The van der Waals surface area contributed by atoms with Gasteiger partial charge in [-0.3, -0.25) is 38.9 Å². The minimum Gasteiger partial charge on any atom is -0.386 e. The van der Waals surface area contributed by atoms with E-state index in [2.05, 4.69) is 25.8 Å². The molecule has 14 nitrogen and oxygen atoms in total. The number of aromatic nitrogens is 3. The van der Waals surface area contributed by atoms with Crippen LogP contribution in [-0.4, -0.2) is 91.4 Å². The van der Waals surface area contributed by atoms with Gasteiger partial charge in [-0.05, 0) is 145 Å². The maximum absolute atomic E-state index is 13.5. The van der Waals surface area contributed by atoms with Crippen LogP contribution in [0, 0.1) is 17.3 Å². The highest BCUT2D eigenvalue weighted by molar-refractivity contribution is 6.25. The molecule has 2 saturated heterocycles. The molecule has 64 heavy (non-hydrogen) atoms. The molecule has 3 aliphatic heterocycles. The summed E-state index contributed by atoms with van der Waals surface area (Å²) in [5.74, 6) is -1.66. The number of hydrogen-bond acceptors (Lipinski definition) is 10. The minimum atomic E-state index is -4.69. The molecular formula is C47H53F3N8O6. The number of rotatable bonds is 11. The second-order valence-electron chi connectivity index (χ2n) is 19.1. The largest absolute Gasteiger partial charge is 0.433 e. The molecule has 1 atom stereocenters. The van der Waals surface area contributed by atoms with Gasteiger partial charge in [0.1, 0.15) is 17.4 Å². The van der Waals surface area contributed by atoms with Crippen LogP contribution in [0.3, 0.4) is 0 Å². The molecule has 4 aromatic rings. The molecule has 0 radical (unpaired) electrons. The van der Waals surface area contributed by atoms with Crippen molar-refractivity contribution in [2.45, 2.75) is 108 Å². The van der Waals surface area contributed by atoms with E-state index < -0.39 is 53.0 Å². The molecule has 0 bridgehead atoms. The normalized spacial score (nSPS) is 23.0. The van der Waals surface area contributed by atoms with E-state index in [1.54, 1.807) is 44.2 Å². The number of nitrogens with one attached hydrogen (secondary N) is 3. The third-order valence-corrected chi connectivity index (χ3v) is 14.2. The lowest BCUT2D eigenvalue weighted by Crippen LogP contribution is -2.54. The number of anilines is 2. The number of alkyl halides is 3. The van der Waals surface area contributed by atoms with E-state index in [0.29, 0.717) is 46.1 Å². The second kappa shape index (κ2) is 16.7. The first kappa shape index (κ1) is 43.6. The van der Waals surface area contributed by atoms with Crippen LogP contribution in [0.4, 0.5) is 24.5 Å². The van der Waals surface area contributed by atoms with Gasteiger partial charge in [0, 0.05) is 48.0 Å². The number of fused-ring (bicyclic) bond motifs is 2. The van der Waals surface area contributed by atoms with E-state index in [9.17, 15) is 42.3 Å². The van der Waals surface area contributed by atoms with Crippen LogP contribution in [0.15, 0.2) is 54.7 Å². The number of carbonyl (C=O) groups is 5. The zero-order valence-electron chi connectivity index (χ0n) is 36.0. The van der Waals surface area contributed by atoms with Gasteiger partial charge in [-0.25, -0.2) is 4.98 Å². The van der Waals surface area contributed by atoms with Crippen LogP contribution >= 0.6 is 0 Å². The Kier molecular flexibility index (Phi) is 11.4.